The van der Waals surface area contributed by atoms with Gasteiger partial charge in [-0.3, -0.25) is 4.90 Å². The number of likely N-dealkylation sites (tertiary alicyclic amines) is 1. The van der Waals surface area contributed by atoms with Gasteiger partial charge in [-0.2, -0.15) is 0 Å². The van der Waals surface area contributed by atoms with Crippen molar-refractivity contribution in [3.05, 3.63) is 64.7 Å². The van der Waals surface area contributed by atoms with Crippen molar-refractivity contribution >= 4 is 0 Å². The number of benzene rings is 2. The number of aliphatic hydroxyl groups is 1. The third-order valence-corrected chi connectivity index (χ3v) is 12.0. The summed E-state index contributed by atoms with van der Waals surface area (Å²) in [5.74, 6) is 2.19. The van der Waals surface area contributed by atoms with Gasteiger partial charge in [0.25, 0.3) is 0 Å². The number of hydrogen-bond acceptors (Lipinski definition) is 5. The summed E-state index contributed by atoms with van der Waals surface area (Å²) in [6.07, 6.45) is 6.97. The van der Waals surface area contributed by atoms with Crippen molar-refractivity contribution < 1.29 is 19.3 Å². The predicted molar refractivity (Wildman–Crippen MR) is 145 cm³/mol. The molecule has 7 atom stereocenters. The van der Waals surface area contributed by atoms with E-state index in [-0.39, 0.29) is 35.4 Å². The van der Waals surface area contributed by atoms with Crippen molar-refractivity contribution in [2.45, 2.75) is 75.2 Å². The summed E-state index contributed by atoms with van der Waals surface area (Å²) in [6, 6.07) is 15.5. The molecule has 2 aliphatic heterocycles. The maximum absolute atomic E-state index is 11.3. The maximum Gasteiger partial charge on any atom is 0.138 e. The van der Waals surface area contributed by atoms with E-state index in [0.29, 0.717) is 19.3 Å². The minimum Gasteiger partial charge on any atom is -0.486 e. The summed E-state index contributed by atoms with van der Waals surface area (Å²) in [5.41, 5.74) is 4.81. The summed E-state index contributed by atoms with van der Waals surface area (Å²) >= 11 is 0. The molecule has 5 aliphatic carbocycles. The van der Waals surface area contributed by atoms with Gasteiger partial charge in [0.2, 0.25) is 0 Å². The van der Waals surface area contributed by atoms with Crippen LogP contribution in [0.15, 0.2) is 42.5 Å². The van der Waals surface area contributed by atoms with E-state index in [0.717, 1.165) is 43.9 Å². The van der Waals surface area contributed by atoms with Crippen LogP contribution in [0.5, 0.6) is 5.75 Å². The topological polar surface area (TPSA) is 51.2 Å². The van der Waals surface area contributed by atoms with Crippen molar-refractivity contribution in [3.63, 3.8) is 0 Å². The minimum atomic E-state index is -0.463. The quantitative estimate of drug-likeness (QED) is 0.555. The first-order valence-electron chi connectivity index (χ1n) is 14.9. The van der Waals surface area contributed by atoms with E-state index >= 15 is 0 Å². The van der Waals surface area contributed by atoms with Crippen molar-refractivity contribution in [1.82, 2.24) is 4.90 Å². The van der Waals surface area contributed by atoms with Gasteiger partial charge in [-0.05, 0) is 80.5 Å². The lowest BCUT2D eigenvalue weighted by atomic mass is 9.32. The molecule has 0 amide bonds. The zero-order valence-electron chi connectivity index (χ0n) is 22.8. The van der Waals surface area contributed by atoms with Gasteiger partial charge in [-0.1, -0.05) is 42.5 Å². The Balaban J connectivity index is 1.27. The van der Waals surface area contributed by atoms with Gasteiger partial charge >= 0.3 is 0 Å². The summed E-state index contributed by atoms with van der Waals surface area (Å²) in [5, 5.41) is 11.3. The monoisotopic (exact) mass is 515 g/mol. The Morgan fingerprint density at radius 1 is 1.05 bits per heavy atom. The molecule has 38 heavy (non-hydrogen) atoms. The number of aliphatic hydroxyl groups excluding tert-OH is 1. The Morgan fingerprint density at radius 3 is 2.66 bits per heavy atom. The lowest BCUT2D eigenvalue weighted by Crippen LogP contribution is -2.84. The number of rotatable bonds is 8. The zero-order valence-corrected chi connectivity index (χ0v) is 22.8. The Morgan fingerprint density at radius 2 is 1.89 bits per heavy atom. The summed E-state index contributed by atoms with van der Waals surface area (Å²) < 4.78 is 20.3. The molecular formula is C33H41NO4. The van der Waals surface area contributed by atoms with Gasteiger partial charge in [0.15, 0.2) is 0 Å². The molecular weight excluding hydrogens is 474 g/mol. The molecule has 1 N–H and O–H groups in total. The first kappa shape index (κ1) is 23.9. The molecule has 5 nitrogen and oxygen atoms in total. The van der Waals surface area contributed by atoms with E-state index in [1.165, 1.54) is 41.6 Å². The highest BCUT2D eigenvalue weighted by molar-refractivity contribution is 5.61. The van der Waals surface area contributed by atoms with E-state index in [1.54, 1.807) is 0 Å². The van der Waals surface area contributed by atoms with Crippen LogP contribution in [0, 0.1) is 30.1 Å². The fraction of sp³-hybridized carbons (Fsp3) is 0.636. The van der Waals surface area contributed by atoms with E-state index in [1.807, 2.05) is 13.2 Å². The van der Waals surface area contributed by atoms with E-state index in [2.05, 4.69) is 48.2 Å². The maximum atomic E-state index is 11.3. The molecule has 0 radical (unpaired) electrons. The lowest BCUT2D eigenvalue weighted by Gasteiger charge is -2.76. The second-order valence-corrected chi connectivity index (χ2v) is 13.2. The Labute approximate surface area is 226 Å². The number of fused-ring (bicyclic) bond motifs is 2. The largest absolute Gasteiger partial charge is 0.486 e. The highest BCUT2D eigenvalue weighted by Gasteiger charge is 2.83. The van der Waals surface area contributed by atoms with E-state index in [4.69, 9.17) is 14.2 Å². The third kappa shape index (κ3) is 2.82. The molecule has 2 aromatic rings. The molecule has 202 valence electrons. The average Bonchev–Trinajstić information content (AvgIpc) is 3.69. The number of methoxy groups -OCH3 is 1. The molecule has 5 fully saturated rings. The number of nitrogens with zero attached hydrogens (tertiary/aromatic N) is 1. The minimum absolute atomic E-state index is 0.0212. The molecule has 1 saturated heterocycles. The first-order chi connectivity index (χ1) is 18.6. The Hall–Kier alpha value is -1.92. The molecule has 2 unspecified atom stereocenters. The van der Waals surface area contributed by atoms with Gasteiger partial charge in [-0.25, -0.2) is 0 Å². The Bertz CT molecular complexity index is 1250. The number of aryl methyl sites for hydroxylation is 1. The Kier molecular flexibility index (Phi) is 5.22. The van der Waals surface area contributed by atoms with Crippen LogP contribution in [0.25, 0.3) is 0 Å². The summed E-state index contributed by atoms with van der Waals surface area (Å²) in [4.78, 5) is 2.84. The van der Waals surface area contributed by atoms with Crippen molar-refractivity contribution in [3.8, 4) is 5.75 Å². The summed E-state index contributed by atoms with van der Waals surface area (Å²) in [7, 11) is 1.89. The highest BCUT2D eigenvalue weighted by atomic mass is 16.6. The molecule has 2 spiro atoms. The molecule has 2 aromatic carbocycles. The van der Waals surface area contributed by atoms with Crippen LogP contribution in [0.1, 0.15) is 54.4 Å². The smallest absolute Gasteiger partial charge is 0.138 e. The number of ether oxygens (including phenoxy) is 3. The van der Waals surface area contributed by atoms with Crippen LogP contribution in [-0.2, 0) is 27.9 Å². The van der Waals surface area contributed by atoms with Gasteiger partial charge in [0.05, 0.1) is 13.2 Å². The van der Waals surface area contributed by atoms with Crippen LogP contribution in [0.2, 0.25) is 0 Å². The predicted octanol–water partition coefficient (Wildman–Crippen LogP) is 4.65. The molecule has 4 bridgehead atoms. The summed E-state index contributed by atoms with van der Waals surface area (Å²) in [6.45, 7) is 5.90. The molecule has 4 saturated carbocycles. The van der Waals surface area contributed by atoms with E-state index in [9.17, 15) is 5.11 Å². The lowest BCUT2D eigenvalue weighted by molar-refractivity contribution is -0.315. The highest BCUT2D eigenvalue weighted by Crippen LogP contribution is 2.77. The first-order valence-corrected chi connectivity index (χ1v) is 14.9. The average molecular weight is 516 g/mol. The number of piperidine rings is 1. The fourth-order valence-electron chi connectivity index (χ4n) is 10.4. The zero-order chi connectivity index (χ0) is 25.7. The normalized spacial score (nSPS) is 40.2. The second kappa shape index (κ2) is 8.30. The van der Waals surface area contributed by atoms with Gasteiger partial charge in [0.1, 0.15) is 17.5 Å². The van der Waals surface area contributed by atoms with Crippen LogP contribution in [0.4, 0.5) is 0 Å². The standard InChI is InChI=1S/C33H41NO4/c1-21-8-11-24-16-27-31-12-13-33(36-2,26(25(31)18-35)20-37-19-23-6-4-3-5-7-23)30-32(31,28(24)29(21)38-30)14-15-34(27)17-22-9-10-22/h3-8,11,22,25-27,30,35H,9-10,12-20H2,1-2H3/t25-,26-,27+,30+,31?,32-,33?/m0/s1. The molecule has 2 heterocycles. The number of hydrogen-bond donors (Lipinski definition) is 1. The van der Waals surface area contributed by atoms with Crippen molar-refractivity contribution in [1.29, 1.82) is 0 Å². The van der Waals surface area contributed by atoms with Gasteiger partial charge in [-0.15, -0.1) is 0 Å². The molecule has 5 heteroatoms. The van der Waals surface area contributed by atoms with Crippen molar-refractivity contribution in [2.75, 3.05) is 33.4 Å². The van der Waals surface area contributed by atoms with Crippen molar-refractivity contribution in [2.24, 2.45) is 23.2 Å². The van der Waals surface area contributed by atoms with Gasteiger partial charge < -0.3 is 19.3 Å². The van der Waals surface area contributed by atoms with Crippen LogP contribution >= 0.6 is 0 Å². The van der Waals surface area contributed by atoms with E-state index < -0.39 is 5.60 Å². The van der Waals surface area contributed by atoms with Crippen LogP contribution < -0.4 is 4.74 Å². The molecule has 7 aliphatic rings. The van der Waals surface area contributed by atoms with Crippen LogP contribution in [-0.4, -0.2) is 61.2 Å². The third-order valence-electron chi connectivity index (χ3n) is 12.0. The molecule has 9 rings (SSSR count). The molecule has 0 aromatic heterocycles. The second-order valence-electron chi connectivity index (χ2n) is 13.2. The SMILES string of the molecule is COC12CCC3([C@@H](CO)[C@@H]1COCc1ccccc1)[C@H]1Cc4ccc(C)c5c4[C@@]3(CCN1CC1CC1)[C@H]2O5. The van der Waals surface area contributed by atoms with Crippen LogP contribution in [0.3, 0.4) is 0 Å². The van der Waals surface area contributed by atoms with Gasteiger partial charge in [0, 0.05) is 48.6 Å². The fourth-order valence-corrected chi connectivity index (χ4v) is 10.4.